The maximum absolute atomic E-state index is 12.0. The molecule has 22 heavy (non-hydrogen) atoms. The van der Waals surface area contributed by atoms with Gasteiger partial charge in [-0.1, -0.05) is 0 Å². The zero-order valence-corrected chi connectivity index (χ0v) is 11.6. The highest BCUT2D eigenvalue weighted by molar-refractivity contribution is 6.03. The lowest BCUT2D eigenvalue weighted by atomic mass is 10.2. The van der Waals surface area contributed by atoms with Crippen LogP contribution in [0.1, 0.15) is 15.9 Å². The Morgan fingerprint density at radius 1 is 1.27 bits per heavy atom. The minimum atomic E-state index is -0.352. The number of hydrogen-bond acceptors (Lipinski definition) is 4. The molecule has 0 fully saturated rings. The Balaban J connectivity index is 1.69. The molecule has 0 atom stereocenters. The topological polar surface area (TPSA) is 92.7 Å². The first kappa shape index (κ1) is 13.7. The molecular weight excluding hydrogens is 282 g/mol. The van der Waals surface area contributed by atoms with Gasteiger partial charge in [-0.15, -0.1) is 0 Å². The van der Waals surface area contributed by atoms with Crippen LogP contribution in [0.15, 0.2) is 60.0 Å². The fourth-order valence-electron chi connectivity index (χ4n) is 1.98. The summed E-state index contributed by atoms with van der Waals surface area (Å²) in [5, 5.41) is 6.89. The van der Waals surface area contributed by atoms with Gasteiger partial charge >= 0.3 is 0 Å². The van der Waals surface area contributed by atoms with Crippen molar-refractivity contribution in [3.63, 3.8) is 0 Å². The van der Waals surface area contributed by atoms with Gasteiger partial charge in [0.25, 0.3) is 5.91 Å². The molecule has 0 saturated carbocycles. The maximum atomic E-state index is 12.0. The molecule has 0 saturated heterocycles. The number of carbonyl (C=O) groups is 1. The van der Waals surface area contributed by atoms with Crippen LogP contribution in [-0.2, 0) is 6.54 Å². The Hall–Kier alpha value is -3.22. The van der Waals surface area contributed by atoms with E-state index in [4.69, 9.17) is 0 Å². The van der Waals surface area contributed by atoms with Crippen LogP contribution in [-0.4, -0.2) is 25.7 Å². The van der Waals surface area contributed by atoms with Crippen LogP contribution in [0.5, 0.6) is 0 Å². The van der Waals surface area contributed by atoms with Gasteiger partial charge in [0.2, 0.25) is 5.56 Å². The summed E-state index contributed by atoms with van der Waals surface area (Å²) in [7, 11) is 0. The third kappa shape index (κ3) is 3.26. The van der Waals surface area contributed by atoms with Gasteiger partial charge in [0.1, 0.15) is 0 Å². The summed E-state index contributed by atoms with van der Waals surface area (Å²) in [5.74, 6) is -0.352. The Morgan fingerprint density at radius 3 is 2.86 bits per heavy atom. The number of amides is 1. The van der Waals surface area contributed by atoms with Crippen LogP contribution < -0.4 is 10.9 Å². The third-order valence-corrected chi connectivity index (χ3v) is 3.02. The van der Waals surface area contributed by atoms with Gasteiger partial charge in [0.05, 0.1) is 18.4 Å². The van der Waals surface area contributed by atoms with Crippen molar-refractivity contribution in [2.24, 2.45) is 0 Å². The van der Waals surface area contributed by atoms with Gasteiger partial charge in [0, 0.05) is 36.4 Å². The highest BCUT2D eigenvalue weighted by Gasteiger charge is 2.08. The van der Waals surface area contributed by atoms with Gasteiger partial charge in [-0.25, -0.2) is 0 Å². The van der Waals surface area contributed by atoms with E-state index in [-0.39, 0.29) is 11.5 Å². The van der Waals surface area contributed by atoms with Crippen molar-refractivity contribution in [1.29, 1.82) is 0 Å². The van der Waals surface area contributed by atoms with Crippen molar-refractivity contribution in [3.8, 4) is 0 Å². The summed E-state index contributed by atoms with van der Waals surface area (Å²) in [4.78, 5) is 29.6. The molecule has 0 aliphatic rings. The van der Waals surface area contributed by atoms with E-state index in [2.05, 4.69) is 20.4 Å². The lowest BCUT2D eigenvalue weighted by Gasteiger charge is -2.02. The molecule has 3 aromatic heterocycles. The molecule has 0 unspecified atom stereocenters. The van der Waals surface area contributed by atoms with Crippen molar-refractivity contribution in [1.82, 2.24) is 19.7 Å². The zero-order chi connectivity index (χ0) is 15.4. The fourth-order valence-corrected chi connectivity index (χ4v) is 1.98. The monoisotopic (exact) mass is 295 g/mol. The van der Waals surface area contributed by atoms with Crippen molar-refractivity contribution < 1.29 is 4.79 Å². The average Bonchev–Trinajstić information content (AvgIpc) is 2.95. The largest absolute Gasteiger partial charge is 0.329 e. The molecule has 110 valence electrons. The van der Waals surface area contributed by atoms with E-state index in [1.807, 2.05) is 12.1 Å². The van der Waals surface area contributed by atoms with Crippen LogP contribution in [0.4, 0.5) is 5.69 Å². The SMILES string of the molecule is O=C(Nc1cnn(Cc2ccncc2)c1)c1cc[nH]c(=O)c1. The average molecular weight is 295 g/mol. The number of anilines is 1. The first-order chi connectivity index (χ1) is 10.7. The summed E-state index contributed by atoms with van der Waals surface area (Å²) in [5.41, 5.74) is 1.61. The molecule has 7 heteroatoms. The lowest BCUT2D eigenvalue weighted by Crippen LogP contribution is -2.15. The molecule has 3 rings (SSSR count). The summed E-state index contributed by atoms with van der Waals surface area (Å²) in [6.07, 6.45) is 8.16. The smallest absolute Gasteiger partial charge is 0.256 e. The molecule has 2 N–H and O–H groups in total. The van der Waals surface area contributed by atoms with Crippen molar-refractivity contribution >= 4 is 11.6 Å². The van der Waals surface area contributed by atoms with E-state index in [1.54, 1.807) is 29.5 Å². The Kier molecular flexibility index (Phi) is 3.78. The summed E-state index contributed by atoms with van der Waals surface area (Å²) in [6.45, 7) is 0.587. The second kappa shape index (κ2) is 6.04. The Bertz CT molecular complexity index is 838. The number of carbonyl (C=O) groups excluding carboxylic acids is 1. The predicted molar refractivity (Wildman–Crippen MR) is 80.6 cm³/mol. The van der Waals surface area contributed by atoms with E-state index in [1.165, 1.54) is 18.3 Å². The standard InChI is InChI=1S/C15H13N5O2/c21-14-7-12(3-6-17-14)15(22)19-13-8-18-20(10-13)9-11-1-4-16-5-2-11/h1-8,10H,9H2,(H,17,21)(H,19,22). The van der Waals surface area contributed by atoms with Crippen LogP contribution >= 0.6 is 0 Å². The molecule has 0 bridgehead atoms. The summed E-state index contributed by atoms with van der Waals surface area (Å²) >= 11 is 0. The normalized spacial score (nSPS) is 10.4. The number of rotatable bonds is 4. The number of hydrogen-bond donors (Lipinski definition) is 2. The van der Waals surface area contributed by atoms with E-state index in [9.17, 15) is 9.59 Å². The first-order valence-electron chi connectivity index (χ1n) is 6.62. The number of nitrogens with one attached hydrogen (secondary N) is 2. The maximum Gasteiger partial charge on any atom is 0.256 e. The Morgan fingerprint density at radius 2 is 2.09 bits per heavy atom. The van der Waals surface area contributed by atoms with Crippen molar-refractivity contribution in [2.45, 2.75) is 6.54 Å². The van der Waals surface area contributed by atoms with Crippen LogP contribution in [0.3, 0.4) is 0 Å². The van der Waals surface area contributed by atoms with Gasteiger partial charge in [-0.05, 0) is 23.8 Å². The highest BCUT2D eigenvalue weighted by atomic mass is 16.2. The van der Waals surface area contributed by atoms with Crippen LogP contribution in [0, 0.1) is 0 Å². The van der Waals surface area contributed by atoms with Crippen molar-refractivity contribution in [3.05, 3.63) is 76.7 Å². The summed E-state index contributed by atoms with van der Waals surface area (Å²) in [6, 6.07) is 6.58. The second-order valence-corrected chi connectivity index (χ2v) is 4.68. The second-order valence-electron chi connectivity index (χ2n) is 4.68. The Labute approximate surface area is 125 Å². The fraction of sp³-hybridized carbons (Fsp3) is 0.0667. The van der Waals surface area contributed by atoms with Crippen molar-refractivity contribution in [2.75, 3.05) is 5.32 Å². The predicted octanol–water partition coefficient (Wildman–Crippen LogP) is 1.27. The molecule has 0 aromatic carbocycles. The lowest BCUT2D eigenvalue weighted by molar-refractivity contribution is 0.102. The quantitative estimate of drug-likeness (QED) is 0.758. The molecule has 0 spiro atoms. The van der Waals surface area contributed by atoms with Gasteiger partial charge in [-0.3, -0.25) is 19.3 Å². The van der Waals surface area contributed by atoms with Gasteiger partial charge in [-0.2, -0.15) is 5.10 Å². The minimum Gasteiger partial charge on any atom is -0.329 e. The molecule has 0 aliphatic carbocycles. The van der Waals surface area contributed by atoms with Crippen LogP contribution in [0.25, 0.3) is 0 Å². The number of aromatic nitrogens is 4. The van der Waals surface area contributed by atoms with Crippen LogP contribution in [0.2, 0.25) is 0 Å². The van der Waals surface area contributed by atoms with E-state index in [0.29, 0.717) is 17.8 Å². The molecule has 3 heterocycles. The number of nitrogens with zero attached hydrogens (tertiary/aromatic N) is 3. The highest BCUT2D eigenvalue weighted by Crippen LogP contribution is 2.09. The van der Waals surface area contributed by atoms with E-state index >= 15 is 0 Å². The van der Waals surface area contributed by atoms with E-state index < -0.39 is 0 Å². The molecule has 0 aliphatic heterocycles. The molecule has 0 radical (unpaired) electrons. The molecular formula is C15H13N5O2. The number of pyridine rings is 2. The summed E-state index contributed by atoms with van der Waals surface area (Å²) < 4.78 is 1.71. The first-order valence-corrected chi connectivity index (χ1v) is 6.62. The number of H-pyrrole nitrogens is 1. The molecule has 7 nitrogen and oxygen atoms in total. The minimum absolute atomic E-state index is 0.297. The molecule has 1 amide bonds. The zero-order valence-electron chi connectivity index (χ0n) is 11.6. The third-order valence-electron chi connectivity index (χ3n) is 3.02. The van der Waals surface area contributed by atoms with Gasteiger partial charge in [0.15, 0.2) is 0 Å². The van der Waals surface area contributed by atoms with Gasteiger partial charge < -0.3 is 10.3 Å². The molecule has 3 aromatic rings. The number of aromatic amines is 1. The van der Waals surface area contributed by atoms with E-state index in [0.717, 1.165) is 5.56 Å².